The van der Waals surface area contributed by atoms with Crippen LogP contribution in [0.15, 0.2) is 30.0 Å². The molecule has 0 bridgehead atoms. The van der Waals surface area contributed by atoms with Crippen LogP contribution in [0.3, 0.4) is 0 Å². The van der Waals surface area contributed by atoms with E-state index in [2.05, 4.69) is 50.9 Å². The molecule has 0 aliphatic rings. The molecule has 0 aliphatic heterocycles. The average Bonchev–Trinajstić information content (AvgIpc) is 2.45. The van der Waals surface area contributed by atoms with Crippen LogP contribution in [0.4, 0.5) is 4.39 Å². The summed E-state index contributed by atoms with van der Waals surface area (Å²) >= 11 is 1.82. The molecule has 1 rings (SSSR count). The van der Waals surface area contributed by atoms with Gasteiger partial charge in [0.1, 0.15) is 0 Å². The zero-order valence-electron chi connectivity index (χ0n) is 14.3. The highest BCUT2D eigenvalue weighted by Gasteiger charge is 2.10. The SMILES string of the molecule is CC/C=C(\C=C(/CC)c1cnc(C)c(CC(F)I)c1)C(C)C. The maximum Gasteiger partial charge on any atom is 0.155 e. The maximum atomic E-state index is 13.3. The Morgan fingerprint density at radius 1 is 1.36 bits per heavy atom. The molecule has 1 atom stereocenters. The van der Waals surface area contributed by atoms with Crippen molar-refractivity contribution in [1.82, 2.24) is 4.98 Å². The van der Waals surface area contributed by atoms with Crippen molar-refractivity contribution in [3.63, 3.8) is 0 Å². The second kappa shape index (κ2) is 9.43. The molecule has 1 nitrogen and oxygen atoms in total. The molecule has 0 aromatic carbocycles. The largest absolute Gasteiger partial charge is 0.261 e. The molecular formula is C19H27FIN. The standard InChI is InChI=1S/C19H27FIN/c1-6-8-16(13(3)4)9-15(7-2)18-10-17(11-19(20)21)14(5)22-12-18/h8-10,12-13,19H,6-7,11H2,1-5H3/b15-9+,16-8+. The van der Waals surface area contributed by atoms with Gasteiger partial charge in [-0.05, 0) is 76.6 Å². The van der Waals surface area contributed by atoms with Crippen LogP contribution in [0.25, 0.3) is 5.57 Å². The van der Waals surface area contributed by atoms with E-state index in [0.717, 1.165) is 29.7 Å². The number of hydrogen-bond acceptors (Lipinski definition) is 1. The quantitative estimate of drug-likeness (QED) is 0.283. The number of halogens is 2. The van der Waals surface area contributed by atoms with Crippen LogP contribution in [-0.2, 0) is 6.42 Å². The Bertz CT molecular complexity index is 544. The lowest BCUT2D eigenvalue weighted by Gasteiger charge is -2.13. The van der Waals surface area contributed by atoms with Crippen molar-refractivity contribution in [2.75, 3.05) is 0 Å². The maximum absolute atomic E-state index is 13.3. The lowest BCUT2D eigenvalue weighted by atomic mass is 9.94. The lowest BCUT2D eigenvalue weighted by molar-refractivity contribution is 0.470. The number of alkyl halides is 2. The van der Waals surface area contributed by atoms with Gasteiger partial charge in [0, 0.05) is 18.3 Å². The van der Waals surface area contributed by atoms with E-state index in [1.165, 1.54) is 11.1 Å². The summed E-state index contributed by atoms with van der Waals surface area (Å²) in [6.45, 7) is 10.7. The van der Waals surface area contributed by atoms with E-state index in [0.29, 0.717) is 12.3 Å². The third kappa shape index (κ3) is 5.82. The van der Waals surface area contributed by atoms with E-state index >= 15 is 0 Å². The van der Waals surface area contributed by atoms with Crippen LogP contribution in [-0.4, -0.2) is 9.16 Å². The number of pyridine rings is 1. The summed E-state index contributed by atoms with van der Waals surface area (Å²) in [6.07, 6.45) is 8.88. The topological polar surface area (TPSA) is 12.9 Å². The van der Waals surface area contributed by atoms with Gasteiger partial charge in [-0.3, -0.25) is 4.98 Å². The summed E-state index contributed by atoms with van der Waals surface area (Å²) < 4.78 is 12.5. The van der Waals surface area contributed by atoms with Crippen LogP contribution >= 0.6 is 22.6 Å². The molecule has 0 saturated heterocycles. The molecule has 22 heavy (non-hydrogen) atoms. The highest BCUT2D eigenvalue weighted by Crippen LogP contribution is 2.25. The molecule has 0 radical (unpaired) electrons. The molecule has 0 amide bonds. The van der Waals surface area contributed by atoms with Gasteiger partial charge in [0.25, 0.3) is 0 Å². The zero-order valence-corrected chi connectivity index (χ0v) is 16.4. The van der Waals surface area contributed by atoms with Crippen LogP contribution < -0.4 is 0 Å². The van der Waals surface area contributed by atoms with Gasteiger partial charge < -0.3 is 0 Å². The van der Waals surface area contributed by atoms with Crippen LogP contribution in [0.5, 0.6) is 0 Å². The van der Waals surface area contributed by atoms with Gasteiger partial charge in [0.05, 0.1) is 0 Å². The predicted molar refractivity (Wildman–Crippen MR) is 103 cm³/mol. The molecule has 0 spiro atoms. The number of rotatable bonds is 7. The second-order valence-electron chi connectivity index (χ2n) is 5.85. The number of aromatic nitrogens is 1. The van der Waals surface area contributed by atoms with Gasteiger partial charge in [-0.2, -0.15) is 0 Å². The fraction of sp³-hybridized carbons (Fsp3) is 0.526. The highest BCUT2D eigenvalue weighted by atomic mass is 127. The van der Waals surface area contributed by atoms with Crippen molar-refractivity contribution in [2.45, 2.75) is 58.1 Å². The molecule has 0 N–H and O–H groups in total. The molecule has 0 aliphatic carbocycles. The molecule has 1 aromatic rings. The van der Waals surface area contributed by atoms with E-state index in [-0.39, 0.29) is 0 Å². The van der Waals surface area contributed by atoms with E-state index < -0.39 is 4.18 Å². The van der Waals surface area contributed by atoms with E-state index in [1.54, 1.807) is 0 Å². The fourth-order valence-corrected chi connectivity index (χ4v) is 2.89. The Balaban J connectivity index is 3.22. The van der Waals surface area contributed by atoms with Crippen LogP contribution in [0.2, 0.25) is 0 Å². The monoisotopic (exact) mass is 415 g/mol. The van der Waals surface area contributed by atoms with Gasteiger partial charge in [0.2, 0.25) is 0 Å². The molecule has 1 aromatic heterocycles. The van der Waals surface area contributed by atoms with E-state index in [4.69, 9.17) is 0 Å². The Kier molecular flexibility index (Phi) is 8.29. The van der Waals surface area contributed by atoms with Gasteiger partial charge in [-0.1, -0.05) is 39.8 Å². The lowest BCUT2D eigenvalue weighted by Crippen LogP contribution is -2.01. The molecule has 1 unspecified atom stereocenters. The number of allylic oxidation sites excluding steroid dienone is 4. The predicted octanol–water partition coefficient (Wildman–Crippen LogP) is 6.45. The van der Waals surface area contributed by atoms with Gasteiger partial charge in [-0.15, -0.1) is 0 Å². The summed E-state index contributed by atoms with van der Waals surface area (Å²) in [5.41, 5.74) is 5.67. The minimum atomic E-state index is -0.867. The van der Waals surface area contributed by atoms with E-state index in [1.807, 2.05) is 35.7 Å². The van der Waals surface area contributed by atoms with Gasteiger partial charge in [-0.25, -0.2) is 4.39 Å². The van der Waals surface area contributed by atoms with Crippen LogP contribution in [0, 0.1) is 12.8 Å². The summed E-state index contributed by atoms with van der Waals surface area (Å²) in [5, 5.41) is 0. The summed E-state index contributed by atoms with van der Waals surface area (Å²) in [5.74, 6) is 0.504. The second-order valence-corrected chi connectivity index (χ2v) is 7.21. The number of nitrogens with zero attached hydrogens (tertiary/aromatic N) is 1. The first-order valence-corrected chi connectivity index (χ1v) is 9.28. The van der Waals surface area contributed by atoms with Crippen molar-refractivity contribution in [3.8, 4) is 0 Å². The summed E-state index contributed by atoms with van der Waals surface area (Å²) in [7, 11) is 0. The van der Waals surface area contributed by atoms with Crippen molar-refractivity contribution in [3.05, 3.63) is 46.8 Å². The molecular weight excluding hydrogens is 388 g/mol. The molecule has 0 saturated carbocycles. The van der Waals surface area contributed by atoms with Gasteiger partial charge in [0.15, 0.2) is 4.18 Å². The minimum Gasteiger partial charge on any atom is -0.261 e. The zero-order chi connectivity index (χ0) is 16.7. The van der Waals surface area contributed by atoms with Crippen molar-refractivity contribution in [1.29, 1.82) is 0 Å². The van der Waals surface area contributed by atoms with Crippen molar-refractivity contribution >= 4 is 28.2 Å². The third-order valence-electron chi connectivity index (χ3n) is 3.77. The number of aryl methyl sites for hydroxylation is 1. The van der Waals surface area contributed by atoms with E-state index in [9.17, 15) is 4.39 Å². The first-order chi connectivity index (χ1) is 10.4. The fourth-order valence-electron chi connectivity index (χ4n) is 2.41. The Morgan fingerprint density at radius 2 is 2.05 bits per heavy atom. The molecule has 122 valence electrons. The Morgan fingerprint density at radius 3 is 2.55 bits per heavy atom. The van der Waals surface area contributed by atoms with Crippen molar-refractivity contribution < 1.29 is 4.39 Å². The first kappa shape index (κ1) is 19.3. The highest BCUT2D eigenvalue weighted by molar-refractivity contribution is 14.1. The number of hydrogen-bond donors (Lipinski definition) is 0. The smallest absolute Gasteiger partial charge is 0.155 e. The first-order valence-electron chi connectivity index (χ1n) is 8.03. The van der Waals surface area contributed by atoms with Crippen LogP contribution in [0.1, 0.15) is 57.4 Å². The molecule has 1 heterocycles. The minimum absolute atomic E-state index is 0.423. The Labute approximate surface area is 148 Å². The summed E-state index contributed by atoms with van der Waals surface area (Å²) in [4.78, 5) is 4.47. The summed E-state index contributed by atoms with van der Waals surface area (Å²) in [6, 6.07) is 2.10. The third-order valence-corrected chi connectivity index (χ3v) is 4.21. The average molecular weight is 415 g/mol. The molecule has 3 heteroatoms. The normalized spacial score (nSPS) is 14.5. The van der Waals surface area contributed by atoms with Crippen molar-refractivity contribution in [2.24, 2.45) is 5.92 Å². The van der Waals surface area contributed by atoms with Gasteiger partial charge >= 0.3 is 0 Å². The molecule has 0 fully saturated rings. The Hall–Kier alpha value is -0.710.